The van der Waals surface area contributed by atoms with Crippen molar-refractivity contribution in [2.24, 2.45) is 0 Å². The lowest BCUT2D eigenvalue weighted by molar-refractivity contribution is -0.00000248. The molecule has 0 heterocycles. The predicted octanol–water partition coefficient (Wildman–Crippen LogP) is 0.476. The van der Waals surface area contributed by atoms with E-state index in [0.29, 0.717) is 0 Å². The minimum absolute atomic E-state index is 0. The first-order valence-electron chi connectivity index (χ1n) is 4.48. The van der Waals surface area contributed by atoms with Gasteiger partial charge in [0.2, 0.25) is 0 Å². The molecule has 0 nitrogen and oxygen atoms in total. The van der Waals surface area contributed by atoms with Crippen molar-refractivity contribution in [1.29, 1.82) is 0 Å². The van der Waals surface area contributed by atoms with Gasteiger partial charge in [-0.1, -0.05) is 0 Å². The quantitative estimate of drug-likeness (QED) is 0.552. The Morgan fingerprint density at radius 3 is 1.18 bits per heavy atom. The van der Waals surface area contributed by atoms with E-state index in [1.165, 1.54) is 18.5 Å². The Bertz CT molecular complexity index is 79.3. The van der Waals surface area contributed by atoms with Crippen molar-refractivity contribution in [2.45, 2.75) is 40.3 Å². The van der Waals surface area contributed by atoms with E-state index in [2.05, 4.69) is 34.6 Å². The molecule has 0 amide bonds. The lowest BCUT2D eigenvalue weighted by Crippen LogP contribution is -3.00. The van der Waals surface area contributed by atoms with Crippen molar-refractivity contribution in [2.75, 3.05) is 18.5 Å². The van der Waals surface area contributed by atoms with Crippen LogP contribution < -0.4 is 4.70 Å². The summed E-state index contributed by atoms with van der Waals surface area (Å²) in [4.78, 5) is 0. The summed E-state index contributed by atoms with van der Waals surface area (Å²) in [6, 6.07) is 0. The molecule has 0 aromatic rings. The van der Waals surface area contributed by atoms with E-state index in [1.54, 1.807) is 0 Å². The molecule has 0 aliphatic carbocycles. The summed E-state index contributed by atoms with van der Waals surface area (Å²) in [6.07, 6.45) is 4.33. The second kappa shape index (κ2) is 5.94. The molecule has 0 aromatic carbocycles. The molecule has 0 unspecified atom stereocenters. The van der Waals surface area contributed by atoms with Gasteiger partial charge < -0.3 is 4.70 Å². The monoisotopic (exact) mass is 180 g/mol. The number of hydrogen-bond acceptors (Lipinski definition) is 0. The summed E-state index contributed by atoms with van der Waals surface area (Å²) >= 11 is 0. The number of halogens is 1. The van der Waals surface area contributed by atoms with E-state index < -0.39 is 7.26 Å². The van der Waals surface area contributed by atoms with Gasteiger partial charge in [-0.3, -0.25) is 0 Å². The lowest BCUT2D eigenvalue weighted by Gasteiger charge is -2.27. The molecule has 0 aliphatic heterocycles. The highest BCUT2D eigenvalue weighted by Gasteiger charge is 2.34. The molecule has 0 spiro atoms. The highest BCUT2D eigenvalue weighted by molar-refractivity contribution is 7.76. The molecule has 0 aliphatic rings. The summed E-state index contributed by atoms with van der Waals surface area (Å²) in [7, 11) is -0.511. The van der Waals surface area contributed by atoms with Crippen molar-refractivity contribution in [3.63, 3.8) is 0 Å². The fourth-order valence-electron chi connectivity index (χ4n) is 1.77. The summed E-state index contributed by atoms with van der Waals surface area (Å²) in [5.74, 6) is 0. The van der Waals surface area contributed by atoms with Crippen LogP contribution in [0.25, 0.3) is 0 Å². The largest absolute Gasteiger partial charge is 1.00 e. The molecule has 0 saturated heterocycles. The third kappa shape index (κ3) is 3.07. The summed E-state index contributed by atoms with van der Waals surface area (Å²) < 4.78 is 0. The Kier molecular flexibility index (Phi) is 7.52. The van der Waals surface area contributed by atoms with E-state index in [4.69, 9.17) is 0 Å². The Hall–Kier alpha value is 0.360. The van der Waals surface area contributed by atoms with Gasteiger partial charge in [-0.25, -0.2) is 0 Å². The molecule has 0 aromatic heterocycles. The van der Waals surface area contributed by atoms with Crippen molar-refractivity contribution in [3.8, 4) is 0 Å². The maximum atomic E-state index is 2.39. The Morgan fingerprint density at radius 2 is 1.18 bits per heavy atom. The van der Waals surface area contributed by atoms with Gasteiger partial charge in [0.15, 0.2) is 0 Å². The van der Waals surface area contributed by atoms with E-state index in [1.807, 2.05) is 0 Å². The van der Waals surface area contributed by atoms with Gasteiger partial charge >= 0.3 is 0 Å². The van der Waals surface area contributed by atoms with Gasteiger partial charge in [-0.15, -0.1) is 0 Å². The van der Waals surface area contributed by atoms with Crippen LogP contribution >= 0.6 is 7.26 Å². The molecule has 0 radical (unpaired) electrons. The van der Waals surface area contributed by atoms with Crippen LogP contribution in [0.1, 0.15) is 34.6 Å². The van der Waals surface area contributed by atoms with Gasteiger partial charge in [0.25, 0.3) is 0 Å². The van der Waals surface area contributed by atoms with Gasteiger partial charge in [-0.2, -0.15) is 0 Å². The molecule has 0 rings (SSSR count). The smallest absolute Gasteiger partial charge is 0.0641 e. The second-order valence-electron chi connectivity index (χ2n) is 3.26. The van der Waals surface area contributed by atoms with E-state index in [9.17, 15) is 0 Å². The molecule has 2 heteroatoms. The van der Waals surface area contributed by atoms with Crippen molar-refractivity contribution in [3.05, 3.63) is 0 Å². The first kappa shape index (κ1) is 13.9. The van der Waals surface area contributed by atoms with Gasteiger partial charge in [0, 0.05) is 7.26 Å². The zero-order valence-corrected chi connectivity index (χ0v) is 9.42. The van der Waals surface area contributed by atoms with Gasteiger partial charge in [-0.05, 0) is 34.6 Å². The van der Waals surface area contributed by atoms with Crippen LogP contribution in [-0.2, 0) is 0 Å². The Balaban J connectivity index is 0. The molecule has 70 valence electrons. The fourth-order valence-corrected chi connectivity index (χ4v) is 5.30. The van der Waals surface area contributed by atoms with E-state index in [-0.39, 0.29) is 4.70 Å². The first-order valence-corrected chi connectivity index (χ1v) is 6.90. The molecule has 0 fully saturated rings. The Labute approximate surface area is 71.5 Å². The van der Waals surface area contributed by atoms with Crippen LogP contribution in [0, 0.1) is 0 Å². The normalized spacial score (nSPS) is 11.5. The van der Waals surface area contributed by atoms with Crippen LogP contribution in [0.15, 0.2) is 0 Å². The van der Waals surface area contributed by atoms with Gasteiger partial charge in [0.05, 0.1) is 24.1 Å². The van der Waals surface area contributed by atoms with E-state index in [0.717, 1.165) is 5.66 Å². The van der Waals surface area contributed by atoms with Crippen LogP contribution in [0.3, 0.4) is 0 Å². The molecular formula is C9H22FP. The topological polar surface area (TPSA) is 0 Å². The molecule has 0 bridgehead atoms. The molecular weight excluding hydrogens is 158 g/mol. The van der Waals surface area contributed by atoms with Crippen LogP contribution in [-0.4, -0.2) is 24.1 Å². The average molecular weight is 180 g/mol. The van der Waals surface area contributed by atoms with Crippen LogP contribution in [0.5, 0.6) is 0 Å². The highest BCUT2D eigenvalue weighted by Crippen LogP contribution is 2.61. The second-order valence-corrected chi connectivity index (χ2v) is 8.63. The zero-order valence-electron chi connectivity index (χ0n) is 8.52. The summed E-state index contributed by atoms with van der Waals surface area (Å²) in [5.41, 5.74) is 0.951. The maximum absolute atomic E-state index is 2.39. The molecule has 0 atom stereocenters. The number of hydrogen-bond donors (Lipinski definition) is 0. The predicted molar refractivity (Wildman–Crippen MR) is 53.7 cm³/mol. The van der Waals surface area contributed by atoms with E-state index >= 15 is 0 Å². The number of rotatable bonds is 4. The van der Waals surface area contributed by atoms with Crippen molar-refractivity contribution >= 4 is 7.26 Å². The average Bonchev–Trinajstić information content (AvgIpc) is 1.92. The minimum atomic E-state index is -0.511. The van der Waals surface area contributed by atoms with Crippen molar-refractivity contribution in [1.82, 2.24) is 0 Å². The van der Waals surface area contributed by atoms with Crippen LogP contribution in [0.4, 0.5) is 0 Å². The fraction of sp³-hybridized carbons (Fsp3) is 1.00. The summed E-state index contributed by atoms with van der Waals surface area (Å²) in [5, 5.41) is 0. The third-order valence-electron chi connectivity index (χ3n) is 2.98. The van der Waals surface area contributed by atoms with Crippen molar-refractivity contribution < 1.29 is 4.70 Å². The SMILES string of the molecule is CC[P+](CC)(CC)C(C)C.[F-]. The zero-order chi connectivity index (χ0) is 8.20. The highest BCUT2D eigenvalue weighted by atomic mass is 31.2. The summed E-state index contributed by atoms with van der Waals surface area (Å²) in [6.45, 7) is 11.9. The molecule has 0 N–H and O–H groups in total. The molecule has 11 heavy (non-hydrogen) atoms. The first-order chi connectivity index (χ1) is 4.63. The molecule has 0 saturated carbocycles. The maximum Gasteiger partial charge on any atom is 0.0641 e. The van der Waals surface area contributed by atoms with Gasteiger partial charge in [0.1, 0.15) is 0 Å². The Morgan fingerprint density at radius 1 is 0.909 bits per heavy atom. The minimum Gasteiger partial charge on any atom is -1.00 e. The lowest BCUT2D eigenvalue weighted by atomic mass is 10.6. The standard InChI is InChI=1S/C9H22P.FH/c1-6-10(7-2,8-3)9(4)5;/h9H,6-8H2,1-5H3;1H/q+1;/p-1. The third-order valence-corrected chi connectivity index (χ3v) is 8.95. The van der Waals surface area contributed by atoms with Crippen LogP contribution in [0.2, 0.25) is 0 Å².